The molecule has 4 rings (SSSR count). The summed E-state index contributed by atoms with van der Waals surface area (Å²) in [7, 11) is 0. The molecule has 0 saturated heterocycles. The molecule has 2 aromatic carbocycles. The van der Waals surface area contributed by atoms with Crippen molar-refractivity contribution in [1.29, 1.82) is 0 Å². The molecule has 7 nitrogen and oxygen atoms in total. The molecule has 5 N–H and O–H groups in total. The molecule has 0 unspecified atom stereocenters. The van der Waals surface area contributed by atoms with Crippen molar-refractivity contribution in [1.82, 2.24) is 15.0 Å². The number of benzene rings is 3. The zero-order valence-corrected chi connectivity index (χ0v) is 17.0. The Morgan fingerprint density at radius 1 is 1.10 bits per heavy atom. The predicted molar refractivity (Wildman–Crippen MR) is 111 cm³/mol. The smallest absolute Gasteiger partial charge is 0.265 e. The first-order valence-electron chi connectivity index (χ1n) is 9.21. The quantitative estimate of drug-likeness (QED) is 0.0768. The normalized spacial score (nSPS) is 10.9. The summed E-state index contributed by atoms with van der Waals surface area (Å²) in [4.78, 5) is 16.7. The number of hydrazine groups is 1. The zero-order chi connectivity index (χ0) is 19.8. The number of nitrogens with zero attached hydrogens (tertiary/aromatic N) is 2. The van der Waals surface area contributed by atoms with Gasteiger partial charge in [-0.15, -0.1) is 0 Å². The third-order valence-corrected chi connectivity index (χ3v) is 5.02. The van der Waals surface area contributed by atoms with Gasteiger partial charge in [-0.2, -0.15) is 0 Å². The number of halogens is 1. The lowest BCUT2D eigenvalue weighted by Crippen LogP contribution is -3.00. The van der Waals surface area contributed by atoms with Gasteiger partial charge in [0.1, 0.15) is 24.3 Å². The Hall–Kier alpha value is -3.16. The van der Waals surface area contributed by atoms with Gasteiger partial charge in [0, 0.05) is 34.2 Å². The lowest BCUT2D eigenvalue weighted by molar-refractivity contribution is -0.0000144. The number of nitrogen functional groups attached to an aromatic ring is 2. The fourth-order valence-electron chi connectivity index (χ4n) is 3.53. The molecule has 8 heteroatoms. The van der Waals surface area contributed by atoms with Crippen molar-refractivity contribution in [2.24, 2.45) is 5.84 Å². The van der Waals surface area contributed by atoms with Crippen molar-refractivity contribution >= 4 is 33.5 Å². The SMILES string of the molecule is CC[N+](CC)=c1ccc2nc3c(cc(N)c4ccc(C(=O)NN)cc43)oc-2c1.[Cl-]. The Morgan fingerprint density at radius 3 is 2.55 bits per heavy atom. The minimum absolute atomic E-state index is 0. The molecule has 0 fully saturated rings. The van der Waals surface area contributed by atoms with Crippen LogP contribution in [0.3, 0.4) is 0 Å². The van der Waals surface area contributed by atoms with E-state index in [1.54, 1.807) is 24.3 Å². The summed E-state index contributed by atoms with van der Waals surface area (Å²) in [5, 5.41) is 2.63. The Morgan fingerprint density at radius 2 is 1.86 bits per heavy atom. The Labute approximate surface area is 173 Å². The summed E-state index contributed by atoms with van der Waals surface area (Å²) >= 11 is 0. The lowest BCUT2D eigenvalue weighted by atomic mass is 10.0. The summed E-state index contributed by atoms with van der Waals surface area (Å²) < 4.78 is 8.39. The first-order valence-corrected chi connectivity index (χ1v) is 9.21. The average Bonchev–Trinajstić information content (AvgIpc) is 2.72. The van der Waals surface area contributed by atoms with Gasteiger partial charge in [0.25, 0.3) is 5.91 Å². The predicted octanol–water partition coefficient (Wildman–Crippen LogP) is -0.912. The molecule has 1 amide bonds. The van der Waals surface area contributed by atoms with Gasteiger partial charge in [-0.3, -0.25) is 10.2 Å². The third-order valence-electron chi connectivity index (χ3n) is 5.02. The number of carbonyl (C=O) groups excluding carboxylic acids is 1. The molecule has 0 aromatic heterocycles. The first-order chi connectivity index (χ1) is 13.5. The Bertz CT molecular complexity index is 1260. The van der Waals surface area contributed by atoms with Crippen LogP contribution in [0.2, 0.25) is 0 Å². The van der Waals surface area contributed by atoms with E-state index in [0.717, 1.165) is 34.9 Å². The maximum Gasteiger partial charge on any atom is 0.265 e. The zero-order valence-electron chi connectivity index (χ0n) is 16.2. The fourth-order valence-corrected chi connectivity index (χ4v) is 3.53. The third kappa shape index (κ3) is 3.50. The lowest BCUT2D eigenvalue weighted by Gasteiger charge is -2.11. The van der Waals surface area contributed by atoms with Crippen molar-refractivity contribution in [2.45, 2.75) is 13.8 Å². The van der Waals surface area contributed by atoms with Crippen LogP contribution in [0.5, 0.6) is 0 Å². The van der Waals surface area contributed by atoms with E-state index in [1.807, 2.05) is 18.2 Å². The highest BCUT2D eigenvalue weighted by Crippen LogP contribution is 2.33. The maximum atomic E-state index is 11.9. The summed E-state index contributed by atoms with van der Waals surface area (Å²) in [5.74, 6) is 5.57. The molecule has 1 heterocycles. The first kappa shape index (κ1) is 20.6. The molecule has 150 valence electrons. The van der Waals surface area contributed by atoms with E-state index in [-0.39, 0.29) is 18.3 Å². The van der Waals surface area contributed by atoms with Crippen LogP contribution in [0.15, 0.2) is 46.9 Å². The molecule has 0 atom stereocenters. The fraction of sp³-hybridized carbons (Fsp3) is 0.190. The average molecular weight is 412 g/mol. The molecule has 0 saturated carbocycles. The number of hydrogen-bond acceptors (Lipinski definition) is 5. The largest absolute Gasteiger partial charge is 1.00 e. The van der Waals surface area contributed by atoms with E-state index in [1.165, 1.54) is 0 Å². The number of fused-ring (bicyclic) bond motifs is 4. The molecular formula is C21H22ClN5O2. The van der Waals surface area contributed by atoms with Gasteiger partial charge in [0.2, 0.25) is 5.36 Å². The minimum atomic E-state index is -0.376. The van der Waals surface area contributed by atoms with Crippen LogP contribution in [0.1, 0.15) is 24.2 Å². The van der Waals surface area contributed by atoms with Gasteiger partial charge in [0.05, 0.1) is 6.07 Å². The van der Waals surface area contributed by atoms with Gasteiger partial charge in [-0.05, 0) is 32.0 Å². The molecule has 0 bridgehead atoms. The highest BCUT2D eigenvalue weighted by atomic mass is 35.5. The number of rotatable bonds is 3. The number of anilines is 1. The summed E-state index contributed by atoms with van der Waals surface area (Å²) in [6.45, 7) is 6.05. The van der Waals surface area contributed by atoms with Crippen molar-refractivity contribution in [3.8, 4) is 11.5 Å². The molecule has 0 spiro atoms. The van der Waals surface area contributed by atoms with Crippen LogP contribution in [-0.4, -0.2) is 24.0 Å². The van der Waals surface area contributed by atoms with E-state index in [9.17, 15) is 4.79 Å². The van der Waals surface area contributed by atoms with Crippen LogP contribution < -0.4 is 39.3 Å². The second kappa shape index (κ2) is 8.06. The topological polar surface area (TPSA) is 110 Å². The summed E-state index contributed by atoms with van der Waals surface area (Å²) in [6.07, 6.45) is 0. The van der Waals surface area contributed by atoms with Gasteiger partial charge in [-0.25, -0.2) is 15.4 Å². The van der Waals surface area contributed by atoms with Crippen LogP contribution >= 0.6 is 0 Å². The molecule has 0 radical (unpaired) electrons. The van der Waals surface area contributed by atoms with Gasteiger partial charge in [0.15, 0.2) is 11.3 Å². The molecule has 2 aromatic rings. The van der Waals surface area contributed by atoms with Gasteiger partial charge >= 0.3 is 0 Å². The molecule has 2 aliphatic rings. The molecule has 1 aliphatic heterocycles. The number of carbonyl (C=O) groups is 1. The van der Waals surface area contributed by atoms with E-state index in [2.05, 4.69) is 23.8 Å². The van der Waals surface area contributed by atoms with Crippen molar-refractivity contribution in [2.75, 3.05) is 18.8 Å². The van der Waals surface area contributed by atoms with Crippen molar-refractivity contribution in [3.63, 3.8) is 0 Å². The second-order valence-corrected chi connectivity index (χ2v) is 6.58. The van der Waals surface area contributed by atoms with Crippen LogP contribution in [0.25, 0.3) is 33.3 Å². The van der Waals surface area contributed by atoms with Crippen LogP contribution in [0, 0.1) is 0 Å². The highest BCUT2D eigenvalue weighted by molar-refractivity contribution is 6.12. The van der Waals surface area contributed by atoms with Gasteiger partial charge in [-0.1, -0.05) is 6.07 Å². The van der Waals surface area contributed by atoms with E-state index in [0.29, 0.717) is 28.1 Å². The van der Waals surface area contributed by atoms with Crippen LogP contribution in [0.4, 0.5) is 5.69 Å². The minimum Gasteiger partial charge on any atom is -1.00 e. The number of nitrogens with two attached hydrogens (primary N) is 2. The number of amides is 1. The molecular weight excluding hydrogens is 390 g/mol. The Balaban J connectivity index is 0.00000240. The maximum absolute atomic E-state index is 11.9. The van der Waals surface area contributed by atoms with E-state index >= 15 is 0 Å². The molecule has 1 aliphatic carbocycles. The summed E-state index contributed by atoms with van der Waals surface area (Å²) in [6, 6.07) is 13.0. The van der Waals surface area contributed by atoms with E-state index in [4.69, 9.17) is 21.0 Å². The highest BCUT2D eigenvalue weighted by Gasteiger charge is 2.16. The number of aromatic nitrogens is 1. The number of hydrogen-bond donors (Lipinski definition) is 3. The van der Waals surface area contributed by atoms with E-state index < -0.39 is 0 Å². The van der Waals surface area contributed by atoms with Crippen molar-refractivity contribution < 1.29 is 21.6 Å². The Kier molecular flexibility index (Phi) is 5.72. The summed E-state index contributed by atoms with van der Waals surface area (Å²) in [5.41, 5.74) is 11.3. The monoisotopic (exact) mass is 411 g/mol. The second-order valence-electron chi connectivity index (χ2n) is 6.58. The number of nitrogens with one attached hydrogen (secondary N) is 1. The van der Waals surface area contributed by atoms with Crippen molar-refractivity contribution in [3.05, 3.63) is 53.4 Å². The van der Waals surface area contributed by atoms with Gasteiger partial charge < -0.3 is 22.6 Å². The molecule has 29 heavy (non-hydrogen) atoms. The standard InChI is InChI=1S/C21H21N5O2.ClH/c1-3-26(4-2)13-6-8-17-18(10-13)28-19-11-16(22)14-7-5-12(21(27)25-23)9-15(14)20(19)24-17;/h5-11H,3-4H2,1-2H3,(H4,22,23,24,25,27);1H. The van der Waals surface area contributed by atoms with Crippen LogP contribution in [-0.2, 0) is 0 Å².